The van der Waals surface area contributed by atoms with Crippen molar-refractivity contribution in [1.29, 1.82) is 0 Å². The van der Waals surface area contributed by atoms with E-state index in [-0.39, 0.29) is 6.04 Å². The SMILES string of the molecule is CNC(=O)NC(=O)[C@H](N[C@@H](C)c1ccc2c(c1)OCCO2)c1ccccc1. The first-order chi connectivity index (χ1) is 13.1. The van der Waals surface area contributed by atoms with Crippen LogP contribution < -0.4 is 25.4 Å². The Hall–Kier alpha value is -3.06. The monoisotopic (exact) mass is 369 g/mol. The molecule has 142 valence electrons. The number of nitrogens with one attached hydrogen (secondary N) is 3. The van der Waals surface area contributed by atoms with Crippen molar-refractivity contribution in [3.8, 4) is 11.5 Å². The maximum Gasteiger partial charge on any atom is 0.321 e. The van der Waals surface area contributed by atoms with Crippen molar-refractivity contribution in [2.24, 2.45) is 0 Å². The smallest absolute Gasteiger partial charge is 0.321 e. The molecule has 0 saturated carbocycles. The summed E-state index contributed by atoms with van der Waals surface area (Å²) >= 11 is 0. The highest BCUT2D eigenvalue weighted by atomic mass is 16.6. The van der Waals surface area contributed by atoms with E-state index in [4.69, 9.17) is 9.47 Å². The van der Waals surface area contributed by atoms with E-state index in [0.29, 0.717) is 24.7 Å². The molecule has 0 bridgehead atoms. The van der Waals surface area contributed by atoms with Crippen LogP contribution in [0.25, 0.3) is 0 Å². The predicted molar refractivity (Wildman–Crippen MR) is 101 cm³/mol. The third kappa shape index (κ3) is 4.57. The van der Waals surface area contributed by atoms with E-state index in [2.05, 4.69) is 16.0 Å². The van der Waals surface area contributed by atoms with Crippen LogP contribution in [0.3, 0.4) is 0 Å². The van der Waals surface area contributed by atoms with E-state index in [9.17, 15) is 9.59 Å². The predicted octanol–water partition coefficient (Wildman–Crippen LogP) is 2.31. The molecule has 1 heterocycles. The van der Waals surface area contributed by atoms with E-state index in [1.165, 1.54) is 7.05 Å². The second kappa shape index (κ2) is 8.55. The number of amides is 3. The molecule has 2 atom stereocenters. The topological polar surface area (TPSA) is 88.7 Å². The summed E-state index contributed by atoms with van der Waals surface area (Å²) in [5, 5.41) is 8.03. The fourth-order valence-corrected chi connectivity index (χ4v) is 2.89. The molecule has 1 aliphatic heterocycles. The summed E-state index contributed by atoms with van der Waals surface area (Å²) in [4.78, 5) is 24.2. The van der Waals surface area contributed by atoms with Gasteiger partial charge in [-0.2, -0.15) is 0 Å². The maximum absolute atomic E-state index is 12.6. The highest BCUT2D eigenvalue weighted by Gasteiger charge is 2.25. The standard InChI is InChI=1S/C20H23N3O4/c1-13(15-8-9-16-17(12-15)27-11-10-26-16)22-18(14-6-4-3-5-7-14)19(24)23-20(25)21-2/h3-9,12-13,18,22H,10-11H2,1-2H3,(H2,21,23,24,25)/t13-,18+/m0/s1. The molecule has 0 saturated heterocycles. The molecule has 0 aliphatic carbocycles. The largest absolute Gasteiger partial charge is 0.486 e. The van der Waals surface area contributed by atoms with E-state index in [1.807, 2.05) is 55.5 Å². The van der Waals surface area contributed by atoms with Gasteiger partial charge in [0.1, 0.15) is 19.3 Å². The van der Waals surface area contributed by atoms with Crippen molar-refractivity contribution in [2.75, 3.05) is 20.3 Å². The molecule has 1 aliphatic rings. The Morgan fingerprint density at radius 2 is 1.67 bits per heavy atom. The zero-order chi connectivity index (χ0) is 19.2. The molecule has 3 N–H and O–H groups in total. The Morgan fingerprint density at radius 1 is 0.963 bits per heavy atom. The number of benzene rings is 2. The van der Waals surface area contributed by atoms with Gasteiger partial charge in [0, 0.05) is 13.1 Å². The van der Waals surface area contributed by atoms with Gasteiger partial charge in [-0.3, -0.25) is 15.4 Å². The first kappa shape index (κ1) is 18.7. The molecule has 0 fully saturated rings. The first-order valence-electron chi connectivity index (χ1n) is 8.81. The van der Waals surface area contributed by atoms with Crippen LogP contribution in [0.4, 0.5) is 4.79 Å². The summed E-state index contributed by atoms with van der Waals surface area (Å²) in [6, 6.07) is 13.6. The zero-order valence-corrected chi connectivity index (χ0v) is 15.3. The molecular weight excluding hydrogens is 346 g/mol. The Labute approximate surface area is 158 Å². The number of hydrogen-bond acceptors (Lipinski definition) is 5. The van der Waals surface area contributed by atoms with Gasteiger partial charge in [-0.05, 0) is 30.2 Å². The molecule has 7 heteroatoms. The van der Waals surface area contributed by atoms with Crippen LogP contribution in [-0.4, -0.2) is 32.2 Å². The molecular formula is C20H23N3O4. The number of carbonyl (C=O) groups excluding carboxylic acids is 2. The second-order valence-corrected chi connectivity index (χ2v) is 6.20. The van der Waals surface area contributed by atoms with Crippen molar-refractivity contribution in [2.45, 2.75) is 19.0 Å². The van der Waals surface area contributed by atoms with Gasteiger partial charge in [0.15, 0.2) is 11.5 Å². The maximum atomic E-state index is 12.6. The van der Waals surface area contributed by atoms with Crippen LogP contribution in [0.2, 0.25) is 0 Å². The van der Waals surface area contributed by atoms with Gasteiger partial charge in [-0.15, -0.1) is 0 Å². The molecule has 7 nitrogen and oxygen atoms in total. The van der Waals surface area contributed by atoms with Gasteiger partial charge >= 0.3 is 6.03 Å². The van der Waals surface area contributed by atoms with Crippen molar-refractivity contribution in [1.82, 2.24) is 16.0 Å². The lowest BCUT2D eigenvalue weighted by Gasteiger charge is -2.25. The lowest BCUT2D eigenvalue weighted by molar-refractivity contribution is -0.122. The Kier molecular flexibility index (Phi) is 5.93. The number of carbonyl (C=O) groups is 2. The molecule has 0 aromatic heterocycles. The fourth-order valence-electron chi connectivity index (χ4n) is 2.89. The summed E-state index contributed by atoms with van der Waals surface area (Å²) in [5.41, 5.74) is 1.72. The molecule has 3 amide bonds. The third-order valence-corrected chi connectivity index (χ3v) is 4.34. The average Bonchev–Trinajstić information content (AvgIpc) is 2.71. The molecule has 0 radical (unpaired) electrons. The minimum absolute atomic E-state index is 0.165. The number of imide groups is 1. The Morgan fingerprint density at radius 3 is 2.37 bits per heavy atom. The zero-order valence-electron chi connectivity index (χ0n) is 15.3. The lowest BCUT2D eigenvalue weighted by Crippen LogP contribution is -2.44. The quantitative estimate of drug-likeness (QED) is 0.753. The summed E-state index contributed by atoms with van der Waals surface area (Å²) in [6.45, 7) is 3.00. The molecule has 2 aromatic carbocycles. The van der Waals surface area contributed by atoms with Gasteiger partial charge in [-0.25, -0.2) is 4.79 Å². The van der Waals surface area contributed by atoms with Gasteiger partial charge < -0.3 is 14.8 Å². The van der Waals surface area contributed by atoms with Gasteiger partial charge in [0.05, 0.1) is 0 Å². The van der Waals surface area contributed by atoms with Crippen LogP contribution in [0.15, 0.2) is 48.5 Å². The van der Waals surface area contributed by atoms with Crippen molar-refractivity contribution < 1.29 is 19.1 Å². The molecule has 27 heavy (non-hydrogen) atoms. The van der Waals surface area contributed by atoms with Crippen molar-refractivity contribution in [3.05, 3.63) is 59.7 Å². The summed E-state index contributed by atoms with van der Waals surface area (Å²) in [5.74, 6) is 0.984. The molecule has 0 spiro atoms. The third-order valence-electron chi connectivity index (χ3n) is 4.34. The van der Waals surface area contributed by atoms with Crippen molar-refractivity contribution >= 4 is 11.9 Å². The molecule has 3 rings (SSSR count). The van der Waals surface area contributed by atoms with Crippen LogP contribution in [0, 0.1) is 0 Å². The molecule has 0 unspecified atom stereocenters. The number of hydrogen-bond donors (Lipinski definition) is 3. The van der Waals surface area contributed by atoms with Gasteiger partial charge in [0.25, 0.3) is 0 Å². The van der Waals surface area contributed by atoms with E-state index >= 15 is 0 Å². The van der Waals surface area contributed by atoms with E-state index in [0.717, 1.165) is 11.1 Å². The van der Waals surface area contributed by atoms with Crippen LogP contribution in [-0.2, 0) is 4.79 Å². The highest BCUT2D eigenvalue weighted by molar-refractivity contribution is 5.97. The van der Waals surface area contributed by atoms with Crippen LogP contribution in [0.1, 0.15) is 30.1 Å². The summed E-state index contributed by atoms with van der Waals surface area (Å²) in [7, 11) is 1.46. The van der Waals surface area contributed by atoms with Gasteiger partial charge in [-0.1, -0.05) is 36.4 Å². The second-order valence-electron chi connectivity index (χ2n) is 6.20. The Balaban J connectivity index is 1.80. The van der Waals surface area contributed by atoms with E-state index < -0.39 is 18.0 Å². The highest BCUT2D eigenvalue weighted by Crippen LogP contribution is 2.33. The molecule has 2 aromatic rings. The fraction of sp³-hybridized carbons (Fsp3) is 0.300. The number of urea groups is 1. The number of rotatable bonds is 5. The normalized spacial score (nSPS) is 14.7. The lowest BCUT2D eigenvalue weighted by atomic mass is 10.0. The number of fused-ring (bicyclic) bond motifs is 1. The van der Waals surface area contributed by atoms with Crippen molar-refractivity contribution in [3.63, 3.8) is 0 Å². The summed E-state index contributed by atoms with van der Waals surface area (Å²) in [6.07, 6.45) is 0. The Bertz CT molecular complexity index is 810. The first-order valence-corrected chi connectivity index (χ1v) is 8.81. The minimum Gasteiger partial charge on any atom is -0.486 e. The van der Waals surface area contributed by atoms with Gasteiger partial charge in [0.2, 0.25) is 5.91 Å². The average molecular weight is 369 g/mol. The van der Waals surface area contributed by atoms with Crippen LogP contribution >= 0.6 is 0 Å². The number of ether oxygens (including phenoxy) is 2. The van der Waals surface area contributed by atoms with Crippen LogP contribution in [0.5, 0.6) is 11.5 Å². The summed E-state index contributed by atoms with van der Waals surface area (Å²) < 4.78 is 11.2. The van der Waals surface area contributed by atoms with E-state index in [1.54, 1.807) is 0 Å². The minimum atomic E-state index is -0.688.